The van der Waals surface area contributed by atoms with Gasteiger partial charge in [-0.05, 0) is 31.0 Å². The molecule has 1 fully saturated rings. The van der Waals surface area contributed by atoms with Crippen molar-refractivity contribution in [2.75, 3.05) is 26.2 Å². The predicted octanol–water partition coefficient (Wildman–Crippen LogP) is 1.35. The third-order valence-electron chi connectivity index (χ3n) is 3.63. The summed E-state index contributed by atoms with van der Waals surface area (Å²) in [5.41, 5.74) is 5.37. The summed E-state index contributed by atoms with van der Waals surface area (Å²) in [6, 6.07) is 6.61. The number of piperidine rings is 1. The normalized spacial score (nSPS) is 19.0. The molecule has 0 radical (unpaired) electrons. The van der Waals surface area contributed by atoms with E-state index in [4.69, 9.17) is 5.73 Å². The number of rotatable bonds is 5. The van der Waals surface area contributed by atoms with Gasteiger partial charge in [0, 0.05) is 30.7 Å². The number of hydrogen-bond donors (Lipinski definition) is 2. The smallest absolute Gasteiger partial charge is 0.243 e. The number of amides is 1. The molecule has 1 saturated heterocycles. The molecule has 1 aromatic rings. The fourth-order valence-corrected chi connectivity index (χ4v) is 4.61. The van der Waals surface area contributed by atoms with Gasteiger partial charge in [0.25, 0.3) is 0 Å². The van der Waals surface area contributed by atoms with Crippen molar-refractivity contribution in [2.24, 2.45) is 11.7 Å². The van der Waals surface area contributed by atoms with Crippen molar-refractivity contribution in [1.82, 2.24) is 9.62 Å². The van der Waals surface area contributed by atoms with Gasteiger partial charge in [-0.2, -0.15) is 4.31 Å². The van der Waals surface area contributed by atoms with E-state index in [1.165, 1.54) is 4.31 Å². The summed E-state index contributed by atoms with van der Waals surface area (Å²) in [5, 5.41) is 2.73. The second-order valence-electron chi connectivity index (χ2n) is 5.24. The first-order valence-electron chi connectivity index (χ1n) is 7.18. The lowest BCUT2D eigenvalue weighted by atomic mass is 9.99. The van der Waals surface area contributed by atoms with Crippen LogP contribution in [0, 0.1) is 5.92 Å². The summed E-state index contributed by atoms with van der Waals surface area (Å²) < 4.78 is 27.5. The Hall–Kier alpha value is -0.670. The third-order valence-corrected chi connectivity index (χ3v) is 5.99. The summed E-state index contributed by atoms with van der Waals surface area (Å²) >= 11 is 3.28. The van der Waals surface area contributed by atoms with Crippen molar-refractivity contribution in [3.63, 3.8) is 0 Å². The Morgan fingerprint density at radius 2 is 2.17 bits per heavy atom. The molecule has 1 unspecified atom stereocenters. The van der Waals surface area contributed by atoms with E-state index in [1.807, 2.05) is 0 Å². The summed E-state index contributed by atoms with van der Waals surface area (Å²) in [5.74, 6) is -0.443. The number of benzene rings is 1. The molecule has 1 aromatic carbocycles. The van der Waals surface area contributed by atoms with Crippen LogP contribution in [0.5, 0.6) is 0 Å². The number of nitrogens with zero attached hydrogens (tertiary/aromatic N) is 1. The van der Waals surface area contributed by atoms with E-state index in [2.05, 4.69) is 21.2 Å². The summed E-state index contributed by atoms with van der Waals surface area (Å²) in [6.45, 7) is 1.44. The Balaban J connectivity index is 0.00000264. The van der Waals surface area contributed by atoms with Crippen LogP contribution in [-0.4, -0.2) is 44.8 Å². The molecule has 0 bridgehead atoms. The lowest BCUT2D eigenvalue weighted by Crippen LogP contribution is -2.46. The number of carbonyl (C=O) groups is 1. The summed E-state index contributed by atoms with van der Waals surface area (Å²) in [4.78, 5) is 12.3. The standard InChI is InChI=1S/C14H20BrN3O3S.ClH/c15-12-4-1-5-13(9-12)22(20,21)18-8-2-3-11(10-18)14(19)17-7-6-16;/h1,4-5,9,11H,2-3,6-8,10,16H2,(H,17,19);1H. The van der Waals surface area contributed by atoms with Crippen molar-refractivity contribution in [2.45, 2.75) is 17.7 Å². The Morgan fingerprint density at radius 1 is 1.43 bits per heavy atom. The molecule has 1 aliphatic rings. The molecule has 1 heterocycles. The average Bonchev–Trinajstić information content (AvgIpc) is 2.52. The van der Waals surface area contributed by atoms with Crippen molar-refractivity contribution < 1.29 is 13.2 Å². The Bertz CT molecular complexity index is 642. The van der Waals surface area contributed by atoms with E-state index >= 15 is 0 Å². The van der Waals surface area contributed by atoms with Gasteiger partial charge in [-0.1, -0.05) is 22.0 Å². The first-order valence-corrected chi connectivity index (χ1v) is 9.42. The fraction of sp³-hybridized carbons (Fsp3) is 0.500. The van der Waals surface area contributed by atoms with Crippen LogP contribution < -0.4 is 11.1 Å². The number of nitrogens with one attached hydrogen (secondary N) is 1. The molecule has 2 rings (SSSR count). The minimum absolute atomic E-state index is 0. The van der Waals surface area contributed by atoms with Gasteiger partial charge in [-0.25, -0.2) is 8.42 Å². The largest absolute Gasteiger partial charge is 0.355 e. The molecule has 0 spiro atoms. The number of carbonyl (C=O) groups excluding carboxylic acids is 1. The third kappa shape index (κ3) is 5.15. The lowest BCUT2D eigenvalue weighted by Gasteiger charge is -2.31. The molecule has 9 heteroatoms. The molecule has 1 aliphatic heterocycles. The average molecular weight is 427 g/mol. The molecule has 23 heavy (non-hydrogen) atoms. The fourth-order valence-electron chi connectivity index (χ4n) is 2.49. The molecule has 1 amide bonds. The maximum atomic E-state index is 12.7. The maximum Gasteiger partial charge on any atom is 0.243 e. The second-order valence-corrected chi connectivity index (χ2v) is 8.09. The van der Waals surface area contributed by atoms with Gasteiger partial charge >= 0.3 is 0 Å². The van der Waals surface area contributed by atoms with E-state index in [9.17, 15) is 13.2 Å². The van der Waals surface area contributed by atoms with Crippen LogP contribution in [0.1, 0.15) is 12.8 Å². The highest BCUT2D eigenvalue weighted by Gasteiger charge is 2.33. The van der Waals surface area contributed by atoms with Crippen LogP contribution >= 0.6 is 28.3 Å². The van der Waals surface area contributed by atoms with Crippen LogP contribution in [0.2, 0.25) is 0 Å². The van der Waals surface area contributed by atoms with Crippen molar-refractivity contribution in [1.29, 1.82) is 0 Å². The minimum atomic E-state index is -3.57. The van der Waals surface area contributed by atoms with Crippen molar-refractivity contribution >= 4 is 44.3 Å². The van der Waals surface area contributed by atoms with Gasteiger partial charge in [0.1, 0.15) is 0 Å². The molecular formula is C14H21BrClN3O3S. The monoisotopic (exact) mass is 425 g/mol. The number of halogens is 2. The maximum absolute atomic E-state index is 12.7. The zero-order chi connectivity index (χ0) is 16.2. The molecule has 1 atom stereocenters. The Kier molecular flexibility index (Phi) is 7.96. The van der Waals surface area contributed by atoms with Gasteiger partial charge in [0.05, 0.1) is 10.8 Å². The predicted molar refractivity (Wildman–Crippen MR) is 94.9 cm³/mol. The zero-order valence-electron chi connectivity index (χ0n) is 12.6. The lowest BCUT2D eigenvalue weighted by molar-refractivity contribution is -0.126. The Morgan fingerprint density at radius 3 is 2.83 bits per heavy atom. The van der Waals surface area contributed by atoms with Gasteiger partial charge in [0.2, 0.25) is 15.9 Å². The topological polar surface area (TPSA) is 92.5 Å². The van der Waals surface area contributed by atoms with E-state index in [-0.39, 0.29) is 35.7 Å². The van der Waals surface area contributed by atoms with E-state index < -0.39 is 10.0 Å². The highest BCUT2D eigenvalue weighted by Crippen LogP contribution is 2.25. The number of sulfonamides is 1. The zero-order valence-corrected chi connectivity index (χ0v) is 15.8. The van der Waals surface area contributed by atoms with E-state index in [0.717, 1.165) is 0 Å². The molecule has 6 nitrogen and oxygen atoms in total. The van der Waals surface area contributed by atoms with Crippen LogP contribution in [0.4, 0.5) is 0 Å². The van der Waals surface area contributed by atoms with Gasteiger partial charge in [-0.15, -0.1) is 12.4 Å². The van der Waals surface area contributed by atoms with Crippen molar-refractivity contribution in [3.8, 4) is 0 Å². The number of hydrogen-bond acceptors (Lipinski definition) is 4. The highest BCUT2D eigenvalue weighted by atomic mass is 79.9. The molecule has 0 aromatic heterocycles. The SMILES string of the molecule is Cl.NCCNC(=O)C1CCCN(S(=O)(=O)c2cccc(Br)c2)C1. The van der Waals surface area contributed by atoms with E-state index in [0.29, 0.717) is 36.9 Å². The summed E-state index contributed by atoms with van der Waals surface area (Å²) in [7, 11) is -3.57. The number of nitrogens with two attached hydrogens (primary N) is 1. The molecule has 0 aliphatic carbocycles. The molecule has 130 valence electrons. The molecule has 3 N–H and O–H groups in total. The van der Waals surface area contributed by atoms with E-state index in [1.54, 1.807) is 24.3 Å². The van der Waals surface area contributed by atoms with Gasteiger partial charge in [0.15, 0.2) is 0 Å². The van der Waals surface area contributed by atoms with Crippen LogP contribution in [0.3, 0.4) is 0 Å². The van der Waals surface area contributed by atoms with Crippen LogP contribution in [0.15, 0.2) is 33.6 Å². The Labute approximate surface area is 151 Å². The van der Waals surface area contributed by atoms with Gasteiger partial charge < -0.3 is 11.1 Å². The first-order chi connectivity index (χ1) is 10.4. The van der Waals surface area contributed by atoms with Gasteiger partial charge in [-0.3, -0.25) is 4.79 Å². The second kappa shape index (κ2) is 8.98. The molecular weight excluding hydrogens is 406 g/mol. The van der Waals surface area contributed by atoms with Crippen LogP contribution in [0.25, 0.3) is 0 Å². The van der Waals surface area contributed by atoms with Crippen LogP contribution in [-0.2, 0) is 14.8 Å². The minimum Gasteiger partial charge on any atom is -0.355 e. The summed E-state index contributed by atoms with van der Waals surface area (Å²) in [6.07, 6.45) is 1.37. The first kappa shape index (κ1) is 20.4. The quantitative estimate of drug-likeness (QED) is 0.743. The van der Waals surface area contributed by atoms with Crippen molar-refractivity contribution in [3.05, 3.63) is 28.7 Å². The highest BCUT2D eigenvalue weighted by molar-refractivity contribution is 9.10. The molecule has 0 saturated carbocycles.